The van der Waals surface area contributed by atoms with Gasteiger partial charge in [0.2, 0.25) is 0 Å². The Morgan fingerprint density at radius 2 is 1.86 bits per heavy atom. The Labute approximate surface area is 160 Å². The van der Waals surface area contributed by atoms with Crippen LogP contribution in [0.15, 0.2) is 42.5 Å². The molecular formula is C20H20F2N2O4. The van der Waals surface area contributed by atoms with Gasteiger partial charge in [-0.25, -0.2) is 13.6 Å². The second-order valence-corrected chi connectivity index (χ2v) is 6.87. The van der Waals surface area contributed by atoms with Crippen molar-refractivity contribution in [3.05, 3.63) is 65.2 Å². The summed E-state index contributed by atoms with van der Waals surface area (Å²) in [5, 5.41) is 12.5. The number of rotatable bonds is 6. The molecule has 2 aromatic rings. The largest absolute Gasteiger partial charge is 0.491 e. The number of aryl methyl sites for hydroxylation is 1. The number of carbonyl (C=O) groups excluding carboxylic acids is 2. The predicted molar refractivity (Wildman–Crippen MR) is 96.6 cm³/mol. The van der Waals surface area contributed by atoms with Crippen LogP contribution in [0, 0.1) is 18.6 Å². The van der Waals surface area contributed by atoms with Crippen LogP contribution in [0.4, 0.5) is 13.6 Å². The number of hydrogen-bond acceptors (Lipinski definition) is 4. The van der Waals surface area contributed by atoms with E-state index in [1.807, 2.05) is 19.1 Å². The highest BCUT2D eigenvalue weighted by molar-refractivity contribution is 6.07. The number of amides is 3. The summed E-state index contributed by atoms with van der Waals surface area (Å²) in [6, 6.07) is 9.05. The Bertz CT molecular complexity index is 904. The number of carbonyl (C=O) groups is 2. The highest BCUT2D eigenvalue weighted by atomic mass is 19.1. The zero-order valence-electron chi connectivity index (χ0n) is 15.4. The van der Waals surface area contributed by atoms with Crippen LogP contribution in [-0.2, 0) is 10.3 Å². The number of β-amino-alcohol motifs (C(OH)–C–C–N with tert-alkyl or cyclic N) is 1. The van der Waals surface area contributed by atoms with Gasteiger partial charge in [0, 0.05) is 5.56 Å². The number of imide groups is 1. The molecule has 1 aliphatic heterocycles. The second kappa shape index (κ2) is 7.55. The number of aliphatic hydroxyl groups excluding tert-OH is 1. The Hall–Kier alpha value is -3.00. The third-order valence-electron chi connectivity index (χ3n) is 4.60. The summed E-state index contributed by atoms with van der Waals surface area (Å²) in [6.45, 7) is 2.73. The molecule has 0 aromatic heterocycles. The number of ether oxygens (including phenoxy) is 1. The molecule has 28 heavy (non-hydrogen) atoms. The monoisotopic (exact) mass is 390 g/mol. The third-order valence-corrected chi connectivity index (χ3v) is 4.60. The molecule has 2 N–H and O–H groups in total. The third kappa shape index (κ3) is 3.82. The summed E-state index contributed by atoms with van der Waals surface area (Å²) in [6.07, 6.45) is -1.16. The number of aliphatic hydroxyl groups is 1. The maximum absolute atomic E-state index is 14.1. The summed E-state index contributed by atoms with van der Waals surface area (Å²) in [5.41, 5.74) is -0.990. The van der Waals surface area contributed by atoms with E-state index in [9.17, 15) is 23.5 Å². The molecule has 0 spiro atoms. The van der Waals surface area contributed by atoms with Gasteiger partial charge in [-0.05, 0) is 44.2 Å². The molecule has 2 aromatic carbocycles. The minimum atomic E-state index is -1.76. The zero-order valence-corrected chi connectivity index (χ0v) is 15.4. The van der Waals surface area contributed by atoms with Crippen LogP contribution in [0.3, 0.4) is 0 Å². The molecule has 1 heterocycles. The van der Waals surface area contributed by atoms with E-state index in [0.29, 0.717) is 5.75 Å². The molecule has 0 aliphatic carbocycles. The van der Waals surface area contributed by atoms with Crippen LogP contribution in [0.2, 0.25) is 0 Å². The number of nitrogens with one attached hydrogen (secondary N) is 1. The van der Waals surface area contributed by atoms with E-state index >= 15 is 0 Å². The average Bonchev–Trinajstić information content (AvgIpc) is 2.87. The van der Waals surface area contributed by atoms with E-state index in [4.69, 9.17) is 4.74 Å². The predicted octanol–water partition coefficient (Wildman–Crippen LogP) is 2.48. The van der Waals surface area contributed by atoms with Gasteiger partial charge in [-0.1, -0.05) is 17.7 Å². The molecular weight excluding hydrogens is 370 g/mol. The van der Waals surface area contributed by atoms with E-state index in [1.54, 1.807) is 12.1 Å². The summed E-state index contributed by atoms with van der Waals surface area (Å²) in [5.74, 6) is -1.79. The fraction of sp³-hybridized carbons (Fsp3) is 0.300. The first-order valence-corrected chi connectivity index (χ1v) is 8.68. The summed E-state index contributed by atoms with van der Waals surface area (Å²) in [7, 11) is 0. The molecule has 1 saturated heterocycles. The van der Waals surface area contributed by atoms with Crippen LogP contribution in [-0.4, -0.2) is 41.2 Å². The van der Waals surface area contributed by atoms with Gasteiger partial charge < -0.3 is 15.2 Å². The van der Waals surface area contributed by atoms with Gasteiger partial charge in [0.1, 0.15) is 35.6 Å². The maximum Gasteiger partial charge on any atom is 0.325 e. The average molecular weight is 390 g/mol. The minimum Gasteiger partial charge on any atom is -0.491 e. The minimum absolute atomic E-state index is 0.148. The van der Waals surface area contributed by atoms with Crippen molar-refractivity contribution in [2.24, 2.45) is 0 Å². The number of halogens is 2. The van der Waals surface area contributed by atoms with Crippen molar-refractivity contribution < 1.29 is 28.2 Å². The quantitative estimate of drug-likeness (QED) is 0.743. The smallest absolute Gasteiger partial charge is 0.325 e. The van der Waals surface area contributed by atoms with Crippen LogP contribution in [0.5, 0.6) is 5.75 Å². The Balaban J connectivity index is 1.69. The zero-order chi connectivity index (χ0) is 20.5. The summed E-state index contributed by atoms with van der Waals surface area (Å²) < 4.78 is 33.1. The van der Waals surface area contributed by atoms with Gasteiger partial charge in [-0.15, -0.1) is 0 Å². The van der Waals surface area contributed by atoms with Gasteiger partial charge in [0.15, 0.2) is 0 Å². The van der Waals surface area contributed by atoms with E-state index < -0.39 is 35.2 Å². The molecule has 0 saturated carbocycles. The Morgan fingerprint density at radius 3 is 2.54 bits per heavy atom. The molecule has 8 heteroatoms. The standard InChI is InChI=1S/C20H20F2N2O4/c1-12-3-6-15(7-4-12)28-11-14(25)10-24-18(26)20(2,23-19(24)27)16-9-13(21)5-8-17(16)22/h3-9,14,25H,10-11H2,1-2H3,(H,23,27)/t14-,20+/m1/s1. The molecule has 0 radical (unpaired) electrons. The van der Waals surface area contributed by atoms with Crippen molar-refractivity contribution >= 4 is 11.9 Å². The highest BCUT2D eigenvalue weighted by Gasteiger charge is 2.50. The highest BCUT2D eigenvalue weighted by Crippen LogP contribution is 2.31. The molecule has 0 unspecified atom stereocenters. The number of benzene rings is 2. The number of nitrogens with zero attached hydrogens (tertiary/aromatic N) is 1. The first-order chi connectivity index (χ1) is 13.2. The lowest BCUT2D eigenvalue weighted by Gasteiger charge is -2.23. The van der Waals surface area contributed by atoms with E-state index in [0.717, 1.165) is 28.7 Å². The normalized spacial score (nSPS) is 20.2. The van der Waals surface area contributed by atoms with Gasteiger partial charge in [-0.3, -0.25) is 9.69 Å². The van der Waals surface area contributed by atoms with Crippen LogP contribution >= 0.6 is 0 Å². The molecule has 1 fully saturated rings. The summed E-state index contributed by atoms with van der Waals surface area (Å²) >= 11 is 0. The lowest BCUT2D eigenvalue weighted by atomic mass is 9.91. The van der Waals surface area contributed by atoms with Gasteiger partial charge in [0.25, 0.3) is 5.91 Å². The molecule has 3 rings (SSSR count). The Kier molecular flexibility index (Phi) is 5.33. The van der Waals surface area contributed by atoms with Crippen molar-refractivity contribution in [2.75, 3.05) is 13.2 Å². The summed E-state index contributed by atoms with van der Waals surface area (Å²) in [4.78, 5) is 25.8. The molecule has 2 atom stereocenters. The van der Waals surface area contributed by atoms with Gasteiger partial charge in [0.05, 0.1) is 6.54 Å². The first kappa shape index (κ1) is 19.8. The second-order valence-electron chi connectivity index (χ2n) is 6.87. The fourth-order valence-electron chi connectivity index (χ4n) is 3.02. The van der Waals surface area contributed by atoms with Crippen molar-refractivity contribution in [2.45, 2.75) is 25.5 Å². The van der Waals surface area contributed by atoms with Crippen LogP contribution < -0.4 is 10.1 Å². The van der Waals surface area contributed by atoms with Crippen molar-refractivity contribution in [1.29, 1.82) is 0 Å². The SMILES string of the molecule is Cc1ccc(OC[C@H](O)CN2C(=O)N[C@@](C)(c3cc(F)ccc3F)C2=O)cc1. The van der Waals surface area contributed by atoms with E-state index in [1.165, 1.54) is 6.92 Å². The van der Waals surface area contributed by atoms with E-state index in [2.05, 4.69) is 5.32 Å². The van der Waals surface area contributed by atoms with Gasteiger partial charge >= 0.3 is 6.03 Å². The number of hydrogen-bond donors (Lipinski definition) is 2. The van der Waals surface area contributed by atoms with Crippen molar-refractivity contribution in [3.8, 4) is 5.75 Å². The van der Waals surface area contributed by atoms with Crippen LogP contribution in [0.1, 0.15) is 18.1 Å². The molecule has 6 nitrogen and oxygen atoms in total. The fourth-order valence-corrected chi connectivity index (χ4v) is 3.02. The molecule has 0 bridgehead atoms. The lowest BCUT2D eigenvalue weighted by Crippen LogP contribution is -2.43. The topological polar surface area (TPSA) is 78.9 Å². The molecule has 148 valence electrons. The Morgan fingerprint density at radius 1 is 1.18 bits per heavy atom. The first-order valence-electron chi connectivity index (χ1n) is 8.68. The van der Waals surface area contributed by atoms with Crippen molar-refractivity contribution in [1.82, 2.24) is 10.2 Å². The number of urea groups is 1. The van der Waals surface area contributed by atoms with E-state index in [-0.39, 0.29) is 18.7 Å². The maximum atomic E-state index is 14.1. The molecule has 1 aliphatic rings. The lowest BCUT2D eigenvalue weighted by molar-refractivity contribution is -0.132. The molecule has 3 amide bonds. The van der Waals surface area contributed by atoms with Gasteiger partial charge in [-0.2, -0.15) is 0 Å². The van der Waals surface area contributed by atoms with Crippen LogP contribution in [0.25, 0.3) is 0 Å². The van der Waals surface area contributed by atoms with Crippen molar-refractivity contribution in [3.63, 3.8) is 0 Å².